The van der Waals surface area contributed by atoms with Crippen molar-refractivity contribution < 1.29 is 42.6 Å². The summed E-state index contributed by atoms with van der Waals surface area (Å²) in [6, 6.07) is 6.35. The molecule has 49 heavy (non-hydrogen) atoms. The van der Waals surface area contributed by atoms with Gasteiger partial charge in [0.2, 0.25) is 17.2 Å². The van der Waals surface area contributed by atoms with E-state index in [-0.39, 0.29) is 5.92 Å². The first-order chi connectivity index (χ1) is 23.4. The molecule has 0 saturated carbocycles. The van der Waals surface area contributed by atoms with Gasteiger partial charge in [0, 0.05) is 0 Å². The Morgan fingerprint density at radius 3 is 0.898 bits per heavy atom. The minimum atomic E-state index is -3.54. The lowest BCUT2D eigenvalue weighted by Gasteiger charge is -2.42. The highest BCUT2D eigenvalue weighted by atomic mass is 28.3. The number of hydrogen-bond donors (Lipinski definition) is 0. The SMILES string of the molecule is COc1cc([Si](C2=C(C)C(C)=C(C)C2C)(c2cc(OC)c(OC)c(OC)c2C)c2cc(OC)c(OC)c(OC)c2C)c(C)c(OC)c1OC. The first kappa shape index (κ1) is 37.4. The van der Waals surface area contributed by atoms with Crippen LogP contribution in [0.3, 0.4) is 0 Å². The van der Waals surface area contributed by atoms with Gasteiger partial charge in [-0.3, -0.25) is 0 Å². The van der Waals surface area contributed by atoms with E-state index in [1.807, 2.05) is 0 Å². The minimum Gasteiger partial charge on any atom is -0.493 e. The van der Waals surface area contributed by atoms with Crippen molar-refractivity contribution in [3.05, 3.63) is 56.8 Å². The molecule has 1 atom stereocenters. The summed E-state index contributed by atoms with van der Waals surface area (Å²) >= 11 is 0. The average molecular weight is 693 g/mol. The first-order valence-electron chi connectivity index (χ1n) is 16.1. The smallest absolute Gasteiger partial charge is 0.203 e. The maximum Gasteiger partial charge on any atom is 0.203 e. The van der Waals surface area contributed by atoms with Crippen molar-refractivity contribution in [2.24, 2.45) is 5.92 Å². The van der Waals surface area contributed by atoms with Crippen molar-refractivity contribution in [3.63, 3.8) is 0 Å². The predicted octanol–water partition coefficient (Wildman–Crippen LogP) is 6.00. The van der Waals surface area contributed by atoms with Crippen LogP contribution >= 0.6 is 0 Å². The van der Waals surface area contributed by atoms with Crippen LogP contribution in [0, 0.1) is 26.7 Å². The normalized spacial score (nSPS) is 14.6. The van der Waals surface area contributed by atoms with Crippen molar-refractivity contribution in [1.29, 1.82) is 0 Å². The maximum absolute atomic E-state index is 6.14. The number of methoxy groups -OCH3 is 9. The molecule has 3 aromatic rings. The van der Waals surface area contributed by atoms with Gasteiger partial charge in [-0.25, -0.2) is 0 Å². The second kappa shape index (κ2) is 14.6. The summed E-state index contributed by atoms with van der Waals surface area (Å²) in [6.45, 7) is 15.2. The third kappa shape index (κ3) is 5.44. The second-order valence-corrected chi connectivity index (χ2v) is 15.9. The molecule has 0 amide bonds. The van der Waals surface area contributed by atoms with Gasteiger partial charge in [-0.15, -0.1) is 0 Å². The molecule has 0 spiro atoms. The molecule has 0 aliphatic heterocycles. The van der Waals surface area contributed by atoms with Gasteiger partial charge >= 0.3 is 0 Å². The summed E-state index contributed by atoms with van der Waals surface area (Å²) < 4.78 is 54.3. The fourth-order valence-electron chi connectivity index (χ4n) is 7.91. The summed E-state index contributed by atoms with van der Waals surface area (Å²) in [5.41, 5.74) is 6.56. The van der Waals surface area contributed by atoms with E-state index in [0.29, 0.717) is 51.7 Å². The molecule has 0 aromatic heterocycles. The van der Waals surface area contributed by atoms with Crippen molar-refractivity contribution >= 4 is 23.6 Å². The summed E-state index contributed by atoms with van der Waals surface area (Å²) in [6.07, 6.45) is 0. The van der Waals surface area contributed by atoms with E-state index >= 15 is 0 Å². The molecule has 1 aliphatic rings. The van der Waals surface area contributed by atoms with Crippen LogP contribution in [0.25, 0.3) is 0 Å². The molecule has 0 N–H and O–H groups in total. The van der Waals surface area contributed by atoms with Crippen LogP contribution in [0.15, 0.2) is 40.1 Å². The van der Waals surface area contributed by atoms with Crippen LogP contribution < -0.4 is 58.2 Å². The zero-order valence-electron chi connectivity index (χ0n) is 32.0. The van der Waals surface area contributed by atoms with Crippen molar-refractivity contribution in [2.75, 3.05) is 64.0 Å². The third-order valence-corrected chi connectivity index (χ3v) is 16.1. The highest BCUT2D eigenvalue weighted by molar-refractivity contribution is 7.17. The van der Waals surface area contributed by atoms with Gasteiger partial charge in [-0.05, 0) is 103 Å². The summed E-state index contributed by atoms with van der Waals surface area (Å²) in [5.74, 6) is 5.07. The molecule has 1 unspecified atom stereocenters. The molecule has 0 fully saturated rings. The van der Waals surface area contributed by atoms with Crippen molar-refractivity contribution in [3.8, 4) is 51.7 Å². The van der Waals surface area contributed by atoms with E-state index in [0.717, 1.165) is 32.3 Å². The zero-order valence-corrected chi connectivity index (χ0v) is 33.0. The summed E-state index contributed by atoms with van der Waals surface area (Å²) in [5, 5.41) is 4.43. The lowest BCUT2D eigenvalue weighted by atomic mass is 10.1. The van der Waals surface area contributed by atoms with Crippen LogP contribution in [-0.2, 0) is 0 Å². The van der Waals surface area contributed by atoms with Gasteiger partial charge in [0.1, 0.15) is 0 Å². The van der Waals surface area contributed by atoms with E-state index in [1.165, 1.54) is 21.9 Å². The minimum absolute atomic E-state index is 0.0714. The average Bonchev–Trinajstić information content (AvgIpc) is 3.30. The summed E-state index contributed by atoms with van der Waals surface area (Å²) in [4.78, 5) is 0. The van der Waals surface area contributed by atoms with Crippen LogP contribution in [0.4, 0.5) is 0 Å². The zero-order chi connectivity index (χ0) is 36.5. The molecule has 0 heterocycles. The Kier molecular flexibility index (Phi) is 11.1. The Morgan fingerprint density at radius 1 is 0.408 bits per heavy atom. The molecule has 266 valence electrons. The Labute approximate surface area is 292 Å². The first-order valence-corrected chi connectivity index (χ1v) is 18.1. The van der Waals surface area contributed by atoms with Gasteiger partial charge in [0.25, 0.3) is 0 Å². The van der Waals surface area contributed by atoms with Gasteiger partial charge in [-0.2, -0.15) is 0 Å². The fourth-order valence-corrected chi connectivity index (χ4v) is 14.3. The molecule has 0 saturated heterocycles. The Balaban J connectivity index is 2.55. The molecular weight excluding hydrogens is 641 g/mol. The molecule has 1 aliphatic carbocycles. The van der Waals surface area contributed by atoms with E-state index in [2.05, 4.69) is 66.7 Å². The van der Waals surface area contributed by atoms with E-state index in [9.17, 15) is 0 Å². The topological polar surface area (TPSA) is 83.1 Å². The highest BCUT2D eigenvalue weighted by Crippen LogP contribution is 2.49. The molecule has 0 bridgehead atoms. The van der Waals surface area contributed by atoms with Gasteiger partial charge < -0.3 is 42.6 Å². The summed E-state index contributed by atoms with van der Waals surface area (Å²) in [7, 11) is 11.2. The standard InChI is InChI=1S/C39H52O9Si/c1-20-21(2)23(4)39(22(20)3)49(30-17-27(40-8)36(46-14)33(43-11)24(30)5,31-18-28(41-9)37(47-15)34(44-12)25(31)6)32-19-29(42-10)38(48-16)35(45-13)26(32)7/h17-19,22H,1-16H3. The van der Waals surface area contributed by atoms with Crippen LogP contribution in [-0.4, -0.2) is 72.1 Å². The molecule has 3 aromatic carbocycles. The fraction of sp³-hybridized carbons (Fsp3) is 0.436. The molecule has 9 nitrogen and oxygen atoms in total. The monoisotopic (exact) mass is 692 g/mol. The van der Waals surface area contributed by atoms with E-state index in [4.69, 9.17) is 42.6 Å². The number of hydrogen-bond acceptors (Lipinski definition) is 9. The highest BCUT2D eigenvalue weighted by Gasteiger charge is 2.53. The number of rotatable bonds is 13. The molecule has 4 rings (SSSR count). The molecule has 0 radical (unpaired) electrons. The van der Waals surface area contributed by atoms with E-state index < -0.39 is 8.07 Å². The quantitative estimate of drug-likeness (QED) is 0.158. The number of benzene rings is 3. The Bertz CT molecular complexity index is 1650. The number of allylic oxidation sites excluding steroid dienone is 4. The Hall–Kier alpha value is -4.44. The van der Waals surface area contributed by atoms with Crippen LogP contribution in [0.5, 0.6) is 51.7 Å². The lowest BCUT2D eigenvalue weighted by molar-refractivity contribution is 0.323. The molecule has 10 heteroatoms. The predicted molar refractivity (Wildman–Crippen MR) is 197 cm³/mol. The van der Waals surface area contributed by atoms with Crippen LogP contribution in [0.2, 0.25) is 0 Å². The van der Waals surface area contributed by atoms with E-state index in [1.54, 1.807) is 64.0 Å². The van der Waals surface area contributed by atoms with Gasteiger partial charge in [0.15, 0.2) is 42.6 Å². The largest absolute Gasteiger partial charge is 0.493 e. The van der Waals surface area contributed by atoms with Crippen LogP contribution in [0.1, 0.15) is 44.4 Å². The maximum atomic E-state index is 6.14. The number of ether oxygens (including phenoxy) is 9. The van der Waals surface area contributed by atoms with Gasteiger partial charge in [-0.1, -0.05) is 23.3 Å². The lowest BCUT2D eigenvalue weighted by Crippen LogP contribution is -2.71. The molecular formula is C39H52O9Si. The Morgan fingerprint density at radius 2 is 0.694 bits per heavy atom. The van der Waals surface area contributed by atoms with Crippen molar-refractivity contribution in [1.82, 2.24) is 0 Å². The van der Waals surface area contributed by atoms with Crippen molar-refractivity contribution in [2.45, 2.75) is 48.5 Å². The third-order valence-electron chi connectivity index (χ3n) is 10.5. The van der Waals surface area contributed by atoms with Gasteiger partial charge in [0.05, 0.1) is 64.0 Å². The second-order valence-electron chi connectivity index (χ2n) is 12.3.